The Balaban J connectivity index is 2.24. The van der Waals surface area contributed by atoms with Crippen LogP contribution >= 0.6 is 0 Å². The van der Waals surface area contributed by atoms with Crippen molar-refractivity contribution < 1.29 is 32.6 Å². The van der Waals surface area contributed by atoms with Gasteiger partial charge < -0.3 is 15.2 Å². The summed E-state index contributed by atoms with van der Waals surface area (Å²) in [5.74, 6) is -2.13. The molecule has 0 aliphatic rings. The van der Waals surface area contributed by atoms with Crippen molar-refractivity contribution in [2.45, 2.75) is 26.1 Å². The number of carboxylic acid groups (broad SMARTS) is 1. The lowest BCUT2D eigenvalue weighted by Gasteiger charge is -2.12. The molecule has 0 spiro atoms. The summed E-state index contributed by atoms with van der Waals surface area (Å²) in [7, 11) is 0. The summed E-state index contributed by atoms with van der Waals surface area (Å²) in [5, 5.41) is 15.0. The second-order valence-electron chi connectivity index (χ2n) is 5.58. The molecule has 0 fully saturated rings. The van der Waals surface area contributed by atoms with Crippen molar-refractivity contribution in [3.8, 4) is 5.69 Å². The van der Waals surface area contributed by atoms with Crippen molar-refractivity contribution in [1.29, 1.82) is 0 Å². The zero-order valence-corrected chi connectivity index (χ0v) is 13.9. The Bertz CT molecular complexity index is 798. The fraction of sp³-hybridized carbons (Fsp3) is 0.312. The Morgan fingerprint density at radius 3 is 2.38 bits per heavy atom. The topological polar surface area (TPSA) is 93.5 Å². The van der Waals surface area contributed by atoms with E-state index in [9.17, 15) is 22.8 Å². The maximum Gasteiger partial charge on any atom is 0.434 e. The Morgan fingerprint density at radius 2 is 1.88 bits per heavy atom. The summed E-state index contributed by atoms with van der Waals surface area (Å²) in [4.78, 5) is 22.7. The molecule has 0 radical (unpaired) electrons. The molecule has 10 heteroatoms. The number of aromatic carboxylic acids is 1. The van der Waals surface area contributed by atoms with Gasteiger partial charge in [-0.15, -0.1) is 0 Å². The number of hydrogen-bond acceptors (Lipinski definition) is 4. The van der Waals surface area contributed by atoms with E-state index in [1.54, 1.807) is 13.8 Å². The lowest BCUT2D eigenvalue weighted by molar-refractivity contribution is -0.143. The molecule has 0 aliphatic heterocycles. The number of alkyl halides is 3. The van der Waals surface area contributed by atoms with Crippen LogP contribution in [0.3, 0.4) is 0 Å². The quantitative estimate of drug-likeness (QED) is 0.814. The summed E-state index contributed by atoms with van der Waals surface area (Å²) >= 11 is 0. The number of nitrogens with zero attached hydrogens (tertiary/aromatic N) is 2. The molecule has 140 valence electrons. The molecule has 0 aliphatic carbocycles. The molecule has 1 heterocycles. The van der Waals surface area contributed by atoms with Crippen LogP contribution in [0.15, 0.2) is 30.5 Å². The minimum Gasteiger partial charge on any atom is -0.478 e. The van der Waals surface area contributed by atoms with E-state index in [0.717, 1.165) is 0 Å². The minimum absolute atomic E-state index is 0.00116. The van der Waals surface area contributed by atoms with Gasteiger partial charge in [0, 0.05) is 5.69 Å². The Hall–Kier alpha value is -2.88. The number of amides is 1. The summed E-state index contributed by atoms with van der Waals surface area (Å²) < 4.78 is 45.2. The van der Waals surface area contributed by atoms with E-state index in [-0.39, 0.29) is 18.4 Å². The third kappa shape index (κ3) is 4.60. The van der Waals surface area contributed by atoms with Gasteiger partial charge in [-0.2, -0.15) is 18.3 Å². The Kier molecular flexibility index (Phi) is 5.66. The van der Waals surface area contributed by atoms with Crippen LogP contribution < -0.4 is 5.32 Å². The van der Waals surface area contributed by atoms with Crippen molar-refractivity contribution in [2.75, 3.05) is 11.9 Å². The summed E-state index contributed by atoms with van der Waals surface area (Å²) in [6.45, 7) is 3.39. The van der Waals surface area contributed by atoms with E-state index >= 15 is 0 Å². The predicted octanol–water partition coefficient (Wildman–Crippen LogP) is 2.95. The number of carbonyl (C=O) groups excluding carboxylic acids is 1. The maximum absolute atomic E-state index is 13.2. The van der Waals surface area contributed by atoms with E-state index < -0.39 is 29.3 Å². The van der Waals surface area contributed by atoms with E-state index in [1.807, 2.05) is 0 Å². The SMILES string of the molecule is CC(C)OCC(=O)Nc1ccc(-n2ncc(C(=O)O)c2C(F)(F)F)cc1. The molecule has 1 aromatic heterocycles. The fourth-order valence-corrected chi connectivity index (χ4v) is 2.10. The fourth-order valence-electron chi connectivity index (χ4n) is 2.10. The third-order valence-corrected chi connectivity index (χ3v) is 3.21. The molecule has 0 saturated heterocycles. The van der Waals surface area contributed by atoms with Crippen LogP contribution in [-0.2, 0) is 15.7 Å². The number of aromatic nitrogens is 2. The number of carboxylic acids is 1. The smallest absolute Gasteiger partial charge is 0.434 e. The number of halogens is 3. The molecule has 0 saturated carbocycles. The van der Waals surface area contributed by atoms with Gasteiger partial charge in [-0.05, 0) is 38.1 Å². The Labute approximate surface area is 146 Å². The van der Waals surface area contributed by atoms with Crippen molar-refractivity contribution >= 4 is 17.6 Å². The van der Waals surface area contributed by atoms with E-state index in [4.69, 9.17) is 9.84 Å². The number of benzene rings is 1. The average molecular weight is 371 g/mol. The largest absolute Gasteiger partial charge is 0.478 e. The van der Waals surface area contributed by atoms with Gasteiger partial charge in [-0.25, -0.2) is 9.48 Å². The molecule has 2 aromatic rings. The van der Waals surface area contributed by atoms with Gasteiger partial charge >= 0.3 is 12.1 Å². The predicted molar refractivity (Wildman–Crippen MR) is 85.2 cm³/mol. The highest BCUT2D eigenvalue weighted by molar-refractivity contribution is 5.92. The molecule has 7 nitrogen and oxygen atoms in total. The van der Waals surface area contributed by atoms with Crippen molar-refractivity contribution in [1.82, 2.24) is 9.78 Å². The second kappa shape index (κ2) is 7.56. The number of anilines is 1. The lowest BCUT2D eigenvalue weighted by atomic mass is 10.2. The van der Waals surface area contributed by atoms with Gasteiger partial charge in [0.15, 0.2) is 5.69 Å². The second-order valence-corrected chi connectivity index (χ2v) is 5.58. The van der Waals surface area contributed by atoms with Crippen molar-refractivity contribution in [3.05, 3.63) is 41.7 Å². The molecular weight excluding hydrogens is 355 g/mol. The van der Waals surface area contributed by atoms with Gasteiger partial charge in [-0.1, -0.05) is 0 Å². The van der Waals surface area contributed by atoms with Crippen LogP contribution in [0.1, 0.15) is 29.9 Å². The number of hydrogen-bond donors (Lipinski definition) is 2. The highest BCUT2D eigenvalue weighted by atomic mass is 19.4. The molecule has 1 amide bonds. The number of nitrogens with one attached hydrogen (secondary N) is 1. The van der Waals surface area contributed by atoms with Crippen molar-refractivity contribution in [2.24, 2.45) is 0 Å². The molecule has 0 bridgehead atoms. The highest BCUT2D eigenvalue weighted by Gasteiger charge is 2.40. The van der Waals surface area contributed by atoms with Gasteiger partial charge in [0.1, 0.15) is 12.2 Å². The molecule has 1 aromatic carbocycles. The number of rotatable bonds is 6. The van der Waals surface area contributed by atoms with Crippen LogP contribution in [0.2, 0.25) is 0 Å². The monoisotopic (exact) mass is 371 g/mol. The number of carbonyl (C=O) groups is 2. The first kappa shape index (κ1) is 19.4. The molecule has 0 atom stereocenters. The van der Waals surface area contributed by atoms with Gasteiger partial charge in [0.05, 0.1) is 18.0 Å². The summed E-state index contributed by atoms with van der Waals surface area (Å²) in [6, 6.07) is 5.33. The van der Waals surface area contributed by atoms with Gasteiger partial charge in [0.2, 0.25) is 5.91 Å². The molecule has 26 heavy (non-hydrogen) atoms. The first-order valence-corrected chi connectivity index (χ1v) is 7.50. The van der Waals surface area contributed by atoms with E-state index in [2.05, 4.69) is 10.4 Å². The first-order valence-electron chi connectivity index (χ1n) is 7.50. The molecule has 0 unspecified atom stereocenters. The molecule has 2 rings (SSSR count). The molecule has 2 N–H and O–H groups in total. The van der Waals surface area contributed by atoms with Crippen LogP contribution in [0.4, 0.5) is 18.9 Å². The average Bonchev–Trinajstić information content (AvgIpc) is 2.99. The normalized spacial score (nSPS) is 11.6. The van der Waals surface area contributed by atoms with Crippen LogP contribution in [0.25, 0.3) is 5.69 Å². The zero-order chi connectivity index (χ0) is 19.5. The van der Waals surface area contributed by atoms with Crippen LogP contribution in [0.5, 0.6) is 0 Å². The summed E-state index contributed by atoms with van der Waals surface area (Å²) in [6.07, 6.45) is -4.37. The van der Waals surface area contributed by atoms with Crippen LogP contribution in [-0.4, -0.2) is 39.5 Å². The van der Waals surface area contributed by atoms with E-state index in [0.29, 0.717) is 16.6 Å². The van der Waals surface area contributed by atoms with E-state index in [1.165, 1.54) is 24.3 Å². The standard InChI is InChI=1S/C16H16F3N3O4/c1-9(2)26-8-13(23)21-10-3-5-11(6-4-10)22-14(16(17,18)19)12(7-20-22)15(24)25/h3-7,9H,8H2,1-2H3,(H,21,23)(H,24,25). The highest BCUT2D eigenvalue weighted by Crippen LogP contribution is 2.33. The van der Waals surface area contributed by atoms with Crippen molar-refractivity contribution in [3.63, 3.8) is 0 Å². The minimum atomic E-state index is -4.90. The van der Waals surface area contributed by atoms with Gasteiger partial charge in [0.25, 0.3) is 0 Å². The first-order chi connectivity index (χ1) is 12.1. The van der Waals surface area contributed by atoms with Gasteiger partial charge in [-0.3, -0.25) is 4.79 Å². The third-order valence-electron chi connectivity index (χ3n) is 3.21. The maximum atomic E-state index is 13.2. The zero-order valence-electron chi connectivity index (χ0n) is 13.9. The Morgan fingerprint density at radius 1 is 1.27 bits per heavy atom. The summed E-state index contributed by atoms with van der Waals surface area (Å²) in [5.41, 5.74) is -1.97. The van der Waals surface area contributed by atoms with Crippen LogP contribution in [0, 0.1) is 0 Å². The molecular formula is C16H16F3N3O4. The number of ether oxygens (including phenoxy) is 1. The lowest BCUT2D eigenvalue weighted by Crippen LogP contribution is -2.20.